The van der Waals surface area contributed by atoms with E-state index in [0.29, 0.717) is 0 Å². The molecule has 0 aliphatic rings. The normalized spacial score (nSPS) is 10.6. The van der Waals surface area contributed by atoms with Gasteiger partial charge in [0, 0.05) is 5.97 Å². The van der Waals surface area contributed by atoms with Crippen molar-refractivity contribution in [1.29, 1.82) is 0 Å². The van der Waals surface area contributed by atoms with Crippen LogP contribution in [0.4, 0.5) is 0 Å². The SMILES string of the molecule is CCCCCC/C=C\CCCCCCCC(=O)[O-].[Cu+]. The van der Waals surface area contributed by atoms with Crippen LogP contribution in [0.1, 0.15) is 84.0 Å². The minimum atomic E-state index is -0.916. The minimum Gasteiger partial charge on any atom is -0.550 e. The van der Waals surface area contributed by atoms with E-state index < -0.39 is 5.97 Å². The van der Waals surface area contributed by atoms with Crippen LogP contribution in [0, 0.1) is 0 Å². The minimum absolute atomic E-state index is 0. The van der Waals surface area contributed by atoms with Gasteiger partial charge in [0.25, 0.3) is 0 Å². The molecule has 0 atom stereocenters. The van der Waals surface area contributed by atoms with Crippen LogP contribution in [0.25, 0.3) is 0 Å². The first-order valence-electron chi connectivity index (χ1n) is 7.62. The van der Waals surface area contributed by atoms with Crippen molar-refractivity contribution in [3.05, 3.63) is 12.2 Å². The molecule has 0 aliphatic heterocycles. The third-order valence-electron chi connectivity index (χ3n) is 3.14. The number of unbranched alkanes of at least 4 members (excludes halogenated alkanes) is 9. The van der Waals surface area contributed by atoms with Crippen molar-refractivity contribution in [2.45, 2.75) is 84.0 Å². The molecule has 0 aliphatic carbocycles. The summed E-state index contributed by atoms with van der Waals surface area (Å²) in [5.74, 6) is -0.916. The Kier molecular flexibility index (Phi) is 19.6. The summed E-state index contributed by atoms with van der Waals surface area (Å²) >= 11 is 0. The van der Waals surface area contributed by atoms with Gasteiger partial charge in [0.2, 0.25) is 0 Å². The van der Waals surface area contributed by atoms with Crippen molar-refractivity contribution in [3.8, 4) is 0 Å². The molecule has 116 valence electrons. The molecule has 0 heterocycles. The zero-order chi connectivity index (χ0) is 13.5. The fourth-order valence-electron chi connectivity index (χ4n) is 1.99. The van der Waals surface area contributed by atoms with E-state index in [1.165, 1.54) is 51.4 Å². The number of carboxylic acid groups (broad SMARTS) is 1. The van der Waals surface area contributed by atoms with Gasteiger partial charge in [-0.25, -0.2) is 0 Å². The summed E-state index contributed by atoms with van der Waals surface area (Å²) in [5, 5.41) is 10.2. The summed E-state index contributed by atoms with van der Waals surface area (Å²) in [4.78, 5) is 10.2. The Hall–Kier alpha value is -0.271. The quantitative estimate of drug-likeness (QED) is 0.293. The van der Waals surface area contributed by atoms with Gasteiger partial charge >= 0.3 is 17.1 Å². The van der Waals surface area contributed by atoms with Crippen LogP contribution >= 0.6 is 0 Å². The van der Waals surface area contributed by atoms with Crippen LogP contribution in [0.3, 0.4) is 0 Å². The first kappa shape index (κ1) is 21.0. The topological polar surface area (TPSA) is 40.1 Å². The van der Waals surface area contributed by atoms with Gasteiger partial charge in [-0.3, -0.25) is 0 Å². The molecule has 0 radical (unpaired) electrons. The van der Waals surface area contributed by atoms with E-state index in [2.05, 4.69) is 19.1 Å². The third-order valence-corrected chi connectivity index (χ3v) is 3.14. The van der Waals surface area contributed by atoms with Crippen LogP contribution in [0.15, 0.2) is 12.2 Å². The Morgan fingerprint density at radius 3 is 1.84 bits per heavy atom. The van der Waals surface area contributed by atoms with Crippen molar-refractivity contribution in [3.63, 3.8) is 0 Å². The number of carbonyl (C=O) groups excluding carboxylic acids is 1. The molecule has 0 bridgehead atoms. The number of hydrogen-bond donors (Lipinski definition) is 0. The molecule has 0 amide bonds. The summed E-state index contributed by atoms with van der Waals surface area (Å²) in [6.07, 6.45) is 18.0. The molecule has 0 saturated carbocycles. The zero-order valence-electron chi connectivity index (χ0n) is 12.3. The van der Waals surface area contributed by atoms with E-state index in [0.717, 1.165) is 19.3 Å². The van der Waals surface area contributed by atoms with Crippen molar-refractivity contribution in [2.75, 3.05) is 0 Å². The molecule has 0 N–H and O–H groups in total. The molecular formula is C16H29CuO2. The van der Waals surface area contributed by atoms with E-state index in [1.807, 2.05) is 0 Å². The monoisotopic (exact) mass is 316 g/mol. The Morgan fingerprint density at radius 2 is 1.32 bits per heavy atom. The van der Waals surface area contributed by atoms with Crippen LogP contribution in [-0.2, 0) is 21.9 Å². The van der Waals surface area contributed by atoms with Gasteiger partial charge in [-0.15, -0.1) is 0 Å². The van der Waals surface area contributed by atoms with Gasteiger partial charge in [-0.2, -0.15) is 0 Å². The van der Waals surface area contributed by atoms with Crippen molar-refractivity contribution in [1.82, 2.24) is 0 Å². The van der Waals surface area contributed by atoms with Gasteiger partial charge in [-0.1, -0.05) is 57.6 Å². The summed E-state index contributed by atoms with van der Waals surface area (Å²) in [6, 6.07) is 0. The first-order valence-corrected chi connectivity index (χ1v) is 7.62. The zero-order valence-corrected chi connectivity index (χ0v) is 13.2. The van der Waals surface area contributed by atoms with Gasteiger partial charge in [0.1, 0.15) is 0 Å². The molecule has 0 aromatic heterocycles. The molecule has 0 aromatic carbocycles. The molecule has 0 spiro atoms. The molecule has 3 heteroatoms. The number of hydrogen-bond acceptors (Lipinski definition) is 2. The van der Waals surface area contributed by atoms with Crippen LogP contribution in [0.2, 0.25) is 0 Å². The Labute approximate surface area is 129 Å². The predicted octanol–water partition coefficient (Wildman–Crippen LogP) is 3.99. The molecule has 2 nitrogen and oxygen atoms in total. The van der Waals surface area contributed by atoms with Crippen molar-refractivity contribution >= 4 is 5.97 Å². The number of rotatable bonds is 13. The van der Waals surface area contributed by atoms with Crippen molar-refractivity contribution < 1.29 is 27.0 Å². The summed E-state index contributed by atoms with van der Waals surface area (Å²) < 4.78 is 0. The van der Waals surface area contributed by atoms with Crippen molar-refractivity contribution in [2.24, 2.45) is 0 Å². The number of allylic oxidation sites excluding steroid dienone is 2. The van der Waals surface area contributed by atoms with Crippen LogP contribution in [-0.4, -0.2) is 5.97 Å². The molecule has 0 aromatic rings. The van der Waals surface area contributed by atoms with E-state index >= 15 is 0 Å². The summed E-state index contributed by atoms with van der Waals surface area (Å²) in [5.41, 5.74) is 0. The fraction of sp³-hybridized carbons (Fsp3) is 0.812. The van der Waals surface area contributed by atoms with E-state index in [1.54, 1.807) is 0 Å². The number of carboxylic acids is 1. The van der Waals surface area contributed by atoms with Gasteiger partial charge < -0.3 is 9.90 Å². The largest absolute Gasteiger partial charge is 1.00 e. The van der Waals surface area contributed by atoms with E-state index in [9.17, 15) is 9.90 Å². The average Bonchev–Trinajstić information content (AvgIpc) is 2.34. The third kappa shape index (κ3) is 20.2. The Morgan fingerprint density at radius 1 is 0.842 bits per heavy atom. The van der Waals surface area contributed by atoms with E-state index in [4.69, 9.17) is 0 Å². The second-order valence-electron chi connectivity index (χ2n) is 5.00. The molecular weight excluding hydrogens is 288 g/mol. The second-order valence-corrected chi connectivity index (χ2v) is 5.00. The molecule has 0 unspecified atom stereocenters. The van der Waals surface area contributed by atoms with Crippen LogP contribution < -0.4 is 5.11 Å². The Bertz CT molecular complexity index is 215. The molecule has 0 rings (SSSR count). The maximum atomic E-state index is 10.2. The number of aliphatic carboxylic acids is 1. The predicted molar refractivity (Wildman–Crippen MR) is 75.2 cm³/mol. The molecule has 19 heavy (non-hydrogen) atoms. The second kappa shape index (κ2) is 17.7. The molecule has 0 saturated heterocycles. The van der Waals surface area contributed by atoms with Gasteiger partial charge in [-0.05, 0) is 38.5 Å². The van der Waals surface area contributed by atoms with Crippen LogP contribution in [0.5, 0.6) is 0 Å². The average molecular weight is 317 g/mol. The smallest absolute Gasteiger partial charge is 0.550 e. The molecule has 0 fully saturated rings. The Balaban J connectivity index is 0. The number of carbonyl (C=O) groups is 1. The standard InChI is InChI=1S/C16H30O2.Cu/c1-2-3-4-5-6-7-8-9-10-11-12-13-14-15-16(17)18;/h7-8H,2-6,9-15H2,1H3,(H,17,18);/q;+1/p-1/b8-7-;. The van der Waals surface area contributed by atoms with Gasteiger partial charge in [0.05, 0.1) is 0 Å². The van der Waals surface area contributed by atoms with Gasteiger partial charge in [0.15, 0.2) is 0 Å². The fourth-order valence-corrected chi connectivity index (χ4v) is 1.99. The van der Waals surface area contributed by atoms with E-state index in [-0.39, 0.29) is 23.5 Å². The maximum Gasteiger partial charge on any atom is 1.00 e. The first-order chi connectivity index (χ1) is 8.77. The maximum absolute atomic E-state index is 10.2. The summed E-state index contributed by atoms with van der Waals surface area (Å²) in [7, 11) is 0. The summed E-state index contributed by atoms with van der Waals surface area (Å²) in [6.45, 7) is 2.24.